The first-order valence-corrected chi connectivity index (χ1v) is 5.84. The van der Waals surface area contributed by atoms with Crippen molar-refractivity contribution in [2.75, 3.05) is 0 Å². The Morgan fingerprint density at radius 2 is 2.00 bits per heavy atom. The summed E-state index contributed by atoms with van der Waals surface area (Å²) in [6.45, 7) is 8.76. The van der Waals surface area contributed by atoms with Crippen molar-refractivity contribution in [2.45, 2.75) is 59.2 Å². The number of halogens is 1. The molecule has 0 aromatic carbocycles. The van der Waals surface area contributed by atoms with Crippen molar-refractivity contribution < 1.29 is 4.39 Å². The lowest BCUT2D eigenvalue weighted by Gasteiger charge is -2.42. The summed E-state index contributed by atoms with van der Waals surface area (Å²) in [7, 11) is 0. The average molecular weight is 201 g/mol. The molecule has 1 nitrogen and oxygen atoms in total. The zero-order valence-corrected chi connectivity index (χ0v) is 9.89. The fraction of sp³-hybridized carbons (Fsp3) is 1.00. The maximum atomic E-state index is 13.4. The normalized spacial score (nSPS) is 40.5. The highest BCUT2D eigenvalue weighted by Gasteiger charge is 2.50. The van der Waals surface area contributed by atoms with Gasteiger partial charge in [-0.3, -0.25) is 0 Å². The Morgan fingerprint density at radius 3 is 2.29 bits per heavy atom. The van der Waals surface area contributed by atoms with Crippen LogP contribution >= 0.6 is 0 Å². The molecule has 1 aliphatic carbocycles. The molecule has 1 saturated carbocycles. The Balaban J connectivity index is 2.92. The van der Waals surface area contributed by atoms with E-state index in [1.807, 2.05) is 0 Å². The molecular formula is C12H24FN. The van der Waals surface area contributed by atoms with Crippen LogP contribution in [-0.2, 0) is 0 Å². The second kappa shape index (κ2) is 4.18. The van der Waals surface area contributed by atoms with Crippen LogP contribution in [0.25, 0.3) is 0 Å². The van der Waals surface area contributed by atoms with Crippen LogP contribution in [0.15, 0.2) is 0 Å². The highest BCUT2D eigenvalue weighted by molar-refractivity contribution is 5.02. The third kappa shape index (κ3) is 1.69. The van der Waals surface area contributed by atoms with Gasteiger partial charge in [-0.05, 0) is 30.1 Å². The molecule has 0 aromatic heterocycles. The number of rotatable bonds is 3. The van der Waals surface area contributed by atoms with Crippen molar-refractivity contribution >= 4 is 0 Å². The monoisotopic (exact) mass is 201 g/mol. The van der Waals surface area contributed by atoms with Crippen molar-refractivity contribution in [3.05, 3.63) is 0 Å². The van der Waals surface area contributed by atoms with Crippen molar-refractivity contribution in [3.8, 4) is 0 Å². The summed E-state index contributed by atoms with van der Waals surface area (Å²) in [6.07, 6.45) is 1.64. The molecule has 14 heavy (non-hydrogen) atoms. The van der Waals surface area contributed by atoms with Crippen LogP contribution in [0, 0.1) is 17.3 Å². The van der Waals surface area contributed by atoms with Gasteiger partial charge in [0.25, 0.3) is 0 Å². The van der Waals surface area contributed by atoms with E-state index in [0.717, 1.165) is 6.42 Å². The second-order valence-electron chi connectivity index (χ2n) is 5.22. The molecule has 1 aliphatic rings. The number of alkyl halides is 1. The summed E-state index contributed by atoms with van der Waals surface area (Å²) in [5, 5.41) is 0. The van der Waals surface area contributed by atoms with Gasteiger partial charge in [0.05, 0.1) is 0 Å². The molecule has 2 N–H and O–H groups in total. The van der Waals surface area contributed by atoms with Gasteiger partial charge in [0, 0.05) is 6.04 Å². The lowest BCUT2D eigenvalue weighted by atomic mass is 9.64. The zero-order chi connectivity index (χ0) is 10.9. The van der Waals surface area contributed by atoms with Crippen LogP contribution in [0.5, 0.6) is 0 Å². The van der Waals surface area contributed by atoms with E-state index in [9.17, 15) is 4.39 Å². The molecule has 0 saturated heterocycles. The average Bonchev–Trinajstić information content (AvgIpc) is 2.41. The maximum Gasteiger partial charge on any atom is 0.102 e. The SMILES string of the molecule is CCC(C)C1(C(C)C)CC(F)C[C@H]1N. The largest absolute Gasteiger partial charge is 0.327 e. The molecule has 1 fully saturated rings. The van der Waals surface area contributed by atoms with E-state index in [1.54, 1.807) is 0 Å². The molecule has 0 amide bonds. The van der Waals surface area contributed by atoms with Gasteiger partial charge < -0.3 is 5.73 Å². The van der Waals surface area contributed by atoms with Crippen LogP contribution in [0.2, 0.25) is 0 Å². The Kier molecular flexibility index (Phi) is 3.57. The van der Waals surface area contributed by atoms with E-state index in [1.165, 1.54) is 0 Å². The lowest BCUT2D eigenvalue weighted by Crippen LogP contribution is -2.45. The third-order valence-corrected chi connectivity index (χ3v) is 4.38. The molecular weight excluding hydrogens is 177 g/mol. The van der Waals surface area contributed by atoms with Crippen LogP contribution in [-0.4, -0.2) is 12.2 Å². The van der Waals surface area contributed by atoms with Gasteiger partial charge in [-0.15, -0.1) is 0 Å². The molecule has 84 valence electrons. The molecule has 0 aromatic rings. The quantitative estimate of drug-likeness (QED) is 0.746. The summed E-state index contributed by atoms with van der Waals surface area (Å²) in [5.74, 6) is 1.01. The van der Waals surface area contributed by atoms with Crippen LogP contribution in [0.4, 0.5) is 4.39 Å². The first kappa shape index (κ1) is 12.0. The molecule has 1 rings (SSSR count). The predicted molar refractivity (Wildman–Crippen MR) is 58.8 cm³/mol. The molecule has 4 atom stereocenters. The highest BCUT2D eigenvalue weighted by atomic mass is 19.1. The highest BCUT2D eigenvalue weighted by Crippen LogP contribution is 2.50. The van der Waals surface area contributed by atoms with Crippen LogP contribution in [0.3, 0.4) is 0 Å². The summed E-state index contributed by atoms with van der Waals surface area (Å²) in [4.78, 5) is 0. The maximum absolute atomic E-state index is 13.4. The van der Waals surface area contributed by atoms with E-state index < -0.39 is 6.17 Å². The van der Waals surface area contributed by atoms with E-state index >= 15 is 0 Å². The van der Waals surface area contributed by atoms with Crippen LogP contribution in [0.1, 0.15) is 47.0 Å². The minimum Gasteiger partial charge on any atom is -0.327 e. The van der Waals surface area contributed by atoms with Crippen molar-refractivity contribution in [1.82, 2.24) is 0 Å². The van der Waals surface area contributed by atoms with E-state index in [0.29, 0.717) is 24.7 Å². The van der Waals surface area contributed by atoms with Gasteiger partial charge in [-0.2, -0.15) is 0 Å². The Morgan fingerprint density at radius 1 is 1.43 bits per heavy atom. The zero-order valence-electron chi connectivity index (χ0n) is 9.89. The summed E-state index contributed by atoms with van der Waals surface area (Å²) >= 11 is 0. The Hall–Kier alpha value is -0.110. The van der Waals surface area contributed by atoms with E-state index in [-0.39, 0.29) is 11.5 Å². The van der Waals surface area contributed by atoms with Gasteiger partial charge in [0.2, 0.25) is 0 Å². The predicted octanol–water partition coefficient (Wildman–Crippen LogP) is 3.13. The molecule has 0 radical (unpaired) electrons. The molecule has 0 heterocycles. The Bertz CT molecular complexity index is 187. The lowest BCUT2D eigenvalue weighted by molar-refractivity contribution is 0.0772. The number of nitrogens with two attached hydrogens (primary N) is 1. The third-order valence-electron chi connectivity index (χ3n) is 4.38. The van der Waals surface area contributed by atoms with Crippen molar-refractivity contribution in [3.63, 3.8) is 0 Å². The molecule has 0 aliphatic heterocycles. The fourth-order valence-corrected chi connectivity index (χ4v) is 3.29. The van der Waals surface area contributed by atoms with Gasteiger partial charge in [-0.1, -0.05) is 34.1 Å². The molecule has 3 unspecified atom stereocenters. The topological polar surface area (TPSA) is 26.0 Å². The standard InChI is InChI=1S/C12H24FN/c1-5-9(4)12(8(2)3)7-10(13)6-11(12)14/h8-11H,5-7,14H2,1-4H3/t9?,10?,11-,12?/m1/s1. The first-order chi connectivity index (χ1) is 6.45. The van der Waals surface area contributed by atoms with Gasteiger partial charge in [0.1, 0.15) is 6.17 Å². The minimum atomic E-state index is -0.679. The van der Waals surface area contributed by atoms with E-state index in [2.05, 4.69) is 27.7 Å². The van der Waals surface area contributed by atoms with Gasteiger partial charge >= 0.3 is 0 Å². The van der Waals surface area contributed by atoms with Crippen LogP contribution < -0.4 is 5.73 Å². The fourth-order valence-electron chi connectivity index (χ4n) is 3.29. The number of hydrogen-bond acceptors (Lipinski definition) is 1. The summed E-state index contributed by atoms with van der Waals surface area (Å²) < 4.78 is 13.4. The van der Waals surface area contributed by atoms with Gasteiger partial charge in [-0.25, -0.2) is 4.39 Å². The Labute approximate surface area is 87.3 Å². The number of hydrogen-bond donors (Lipinski definition) is 1. The van der Waals surface area contributed by atoms with E-state index in [4.69, 9.17) is 5.73 Å². The smallest absolute Gasteiger partial charge is 0.102 e. The second-order valence-corrected chi connectivity index (χ2v) is 5.22. The van der Waals surface area contributed by atoms with Crippen molar-refractivity contribution in [2.24, 2.45) is 23.0 Å². The van der Waals surface area contributed by atoms with Crippen molar-refractivity contribution in [1.29, 1.82) is 0 Å². The van der Waals surface area contributed by atoms with Gasteiger partial charge in [0.15, 0.2) is 0 Å². The minimum absolute atomic E-state index is 0.0359. The first-order valence-electron chi connectivity index (χ1n) is 5.84. The summed E-state index contributed by atoms with van der Waals surface area (Å²) in [5.41, 5.74) is 6.18. The molecule has 0 spiro atoms. The molecule has 0 bridgehead atoms. The summed E-state index contributed by atoms with van der Waals surface area (Å²) in [6, 6.07) is 0.0486. The molecule has 2 heteroatoms.